The second kappa shape index (κ2) is 4.87. The summed E-state index contributed by atoms with van der Waals surface area (Å²) >= 11 is 0. The van der Waals surface area contributed by atoms with Crippen molar-refractivity contribution in [1.82, 2.24) is 4.90 Å². The average molecular weight is 242 g/mol. The summed E-state index contributed by atoms with van der Waals surface area (Å²) in [6.07, 6.45) is 1.17. The molecule has 0 radical (unpaired) electrons. The predicted octanol–water partition coefficient (Wildman–Crippen LogP) is 2.25. The van der Waals surface area contributed by atoms with Gasteiger partial charge in [-0.05, 0) is 48.1 Å². The summed E-state index contributed by atoms with van der Waals surface area (Å²) in [5.41, 5.74) is 6.02. The predicted molar refractivity (Wildman–Crippen MR) is 73.1 cm³/mol. The maximum atomic E-state index is 6.37. The Balaban J connectivity index is 2.76. The molecule has 0 aliphatic carbocycles. The van der Waals surface area contributed by atoms with Crippen molar-refractivity contribution >= 4 is 0 Å². The molecule has 0 spiro atoms. The number of ether oxygens (including phenoxy) is 1. The third-order valence-corrected chi connectivity index (χ3v) is 4.48. The molecule has 3 unspecified atom stereocenters. The van der Waals surface area contributed by atoms with Crippen LogP contribution in [0.4, 0.5) is 0 Å². The van der Waals surface area contributed by atoms with Crippen LogP contribution in [-0.4, -0.2) is 41.8 Å². The van der Waals surface area contributed by atoms with E-state index >= 15 is 0 Å². The highest BCUT2D eigenvalue weighted by molar-refractivity contribution is 5.04. The van der Waals surface area contributed by atoms with E-state index in [1.54, 1.807) is 0 Å². The van der Waals surface area contributed by atoms with Gasteiger partial charge in [-0.25, -0.2) is 0 Å². The molecule has 0 aromatic heterocycles. The Morgan fingerprint density at radius 1 is 1.24 bits per heavy atom. The molecule has 0 amide bonds. The lowest BCUT2D eigenvalue weighted by atomic mass is 9.82. The molecule has 3 nitrogen and oxygen atoms in total. The molecule has 1 aliphatic rings. The summed E-state index contributed by atoms with van der Waals surface area (Å²) in [4.78, 5) is 2.40. The highest BCUT2D eigenvalue weighted by Gasteiger charge is 2.52. The summed E-state index contributed by atoms with van der Waals surface area (Å²) in [7, 11) is 2.18. The maximum Gasteiger partial charge on any atom is 0.0788 e. The molecule has 1 heterocycles. The fourth-order valence-corrected chi connectivity index (χ4v) is 2.87. The molecule has 3 heteroatoms. The number of hydrogen-bond acceptors (Lipinski definition) is 3. The van der Waals surface area contributed by atoms with Gasteiger partial charge in [0.1, 0.15) is 0 Å². The van der Waals surface area contributed by atoms with E-state index < -0.39 is 0 Å². The van der Waals surface area contributed by atoms with Crippen LogP contribution in [0.1, 0.15) is 48.0 Å². The lowest BCUT2D eigenvalue weighted by molar-refractivity contribution is -0.0786. The van der Waals surface area contributed by atoms with Crippen molar-refractivity contribution in [2.75, 3.05) is 13.6 Å². The van der Waals surface area contributed by atoms with Crippen LogP contribution in [0.3, 0.4) is 0 Å². The minimum absolute atomic E-state index is 0.101. The van der Waals surface area contributed by atoms with Crippen molar-refractivity contribution in [3.63, 3.8) is 0 Å². The Bertz CT molecular complexity index is 263. The highest BCUT2D eigenvalue weighted by atomic mass is 16.5. The van der Waals surface area contributed by atoms with Crippen molar-refractivity contribution in [3.8, 4) is 0 Å². The Labute approximate surface area is 107 Å². The van der Waals surface area contributed by atoms with E-state index in [-0.39, 0.29) is 17.2 Å². The molecule has 1 fully saturated rings. The maximum absolute atomic E-state index is 6.37. The van der Waals surface area contributed by atoms with Crippen LogP contribution in [0.2, 0.25) is 0 Å². The molecule has 1 saturated heterocycles. The van der Waals surface area contributed by atoms with Gasteiger partial charge in [-0.2, -0.15) is 0 Å². The summed E-state index contributed by atoms with van der Waals surface area (Å²) in [6, 6.07) is 0.700. The van der Waals surface area contributed by atoms with Crippen LogP contribution in [0, 0.1) is 5.92 Å². The van der Waals surface area contributed by atoms with Crippen LogP contribution in [-0.2, 0) is 4.74 Å². The van der Waals surface area contributed by atoms with Crippen molar-refractivity contribution < 1.29 is 4.74 Å². The van der Waals surface area contributed by atoms with E-state index in [1.807, 2.05) is 0 Å². The Morgan fingerprint density at radius 3 is 2.12 bits per heavy atom. The van der Waals surface area contributed by atoms with E-state index in [2.05, 4.69) is 53.5 Å². The Morgan fingerprint density at radius 2 is 1.76 bits per heavy atom. The van der Waals surface area contributed by atoms with Gasteiger partial charge in [-0.1, -0.05) is 6.92 Å². The minimum atomic E-state index is -0.218. The molecule has 3 atom stereocenters. The summed E-state index contributed by atoms with van der Waals surface area (Å²) in [5, 5.41) is 0. The zero-order valence-electron chi connectivity index (χ0n) is 12.6. The van der Waals surface area contributed by atoms with Crippen LogP contribution in [0.25, 0.3) is 0 Å². The fourth-order valence-electron chi connectivity index (χ4n) is 2.87. The average Bonchev–Trinajstić information content (AvgIpc) is 2.35. The topological polar surface area (TPSA) is 38.5 Å². The van der Waals surface area contributed by atoms with E-state index in [1.165, 1.54) is 6.42 Å². The molecule has 0 aromatic carbocycles. The summed E-state index contributed by atoms with van der Waals surface area (Å²) in [5.74, 6) is 0.386. The van der Waals surface area contributed by atoms with E-state index in [0.29, 0.717) is 12.0 Å². The Hall–Kier alpha value is -0.120. The van der Waals surface area contributed by atoms with Gasteiger partial charge in [0.15, 0.2) is 0 Å². The zero-order valence-corrected chi connectivity index (χ0v) is 12.6. The van der Waals surface area contributed by atoms with Gasteiger partial charge in [-0.15, -0.1) is 0 Å². The molecule has 0 saturated carbocycles. The second-order valence-corrected chi connectivity index (χ2v) is 6.64. The van der Waals surface area contributed by atoms with Crippen molar-refractivity contribution in [1.29, 1.82) is 0 Å². The van der Waals surface area contributed by atoms with Gasteiger partial charge >= 0.3 is 0 Å². The molecule has 1 rings (SSSR count). The van der Waals surface area contributed by atoms with Gasteiger partial charge in [0.25, 0.3) is 0 Å². The molecule has 102 valence electrons. The van der Waals surface area contributed by atoms with Gasteiger partial charge < -0.3 is 15.4 Å². The third-order valence-electron chi connectivity index (χ3n) is 4.48. The molecule has 17 heavy (non-hydrogen) atoms. The zero-order chi connectivity index (χ0) is 13.4. The second-order valence-electron chi connectivity index (χ2n) is 6.64. The molecular formula is C14H30N2O. The molecule has 0 bridgehead atoms. The van der Waals surface area contributed by atoms with Crippen molar-refractivity contribution in [2.45, 2.75) is 71.2 Å². The first-order valence-electron chi connectivity index (χ1n) is 6.77. The minimum Gasteiger partial charge on any atom is -0.368 e. The van der Waals surface area contributed by atoms with Gasteiger partial charge in [0, 0.05) is 24.5 Å². The lowest BCUT2D eigenvalue weighted by Gasteiger charge is -2.33. The quantitative estimate of drug-likeness (QED) is 0.822. The first-order chi connectivity index (χ1) is 7.62. The van der Waals surface area contributed by atoms with Crippen LogP contribution in [0.5, 0.6) is 0 Å². The van der Waals surface area contributed by atoms with E-state index in [4.69, 9.17) is 10.5 Å². The third kappa shape index (κ3) is 3.01. The largest absolute Gasteiger partial charge is 0.368 e. The smallest absolute Gasteiger partial charge is 0.0788 e. The first kappa shape index (κ1) is 14.9. The van der Waals surface area contributed by atoms with Gasteiger partial charge in [0.05, 0.1) is 11.2 Å². The van der Waals surface area contributed by atoms with Crippen LogP contribution >= 0.6 is 0 Å². The molecule has 2 N–H and O–H groups in total. The highest BCUT2D eigenvalue weighted by Crippen LogP contribution is 2.41. The number of rotatable bonds is 4. The van der Waals surface area contributed by atoms with Crippen molar-refractivity contribution in [3.05, 3.63) is 0 Å². The summed E-state index contributed by atoms with van der Waals surface area (Å²) < 4.78 is 6.12. The van der Waals surface area contributed by atoms with Gasteiger partial charge in [0.2, 0.25) is 0 Å². The van der Waals surface area contributed by atoms with E-state index in [9.17, 15) is 0 Å². The fraction of sp³-hybridized carbons (Fsp3) is 1.00. The van der Waals surface area contributed by atoms with E-state index in [0.717, 1.165) is 6.54 Å². The SMILES string of the molecule is CCC(C)N(C)CC1C(N)C(C)(C)OC1(C)C. The Kier molecular flexibility index (Phi) is 4.28. The monoisotopic (exact) mass is 242 g/mol. The van der Waals surface area contributed by atoms with Crippen LogP contribution < -0.4 is 5.73 Å². The van der Waals surface area contributed by atoms with Gasteiger partial charge in [-0.3, -0.25) is 0 Å². The van der Waals surface area contributed by atoms with Crippen LogP contribution in [0.15, 0.2) is 0 Å². The van der Waals surface area contributed by atoms with Crippen molar-refractivity contribution in [2.24, 2.45) is 11.7 Å². The standard InChI is InChI=1S/C14H30N2O/c1-8-10(2)16(7)9-11-12(15)14(5,6)17-13(11,3)4/h10-12H,8-9,15H2,1-7H3. The summed E-state index contributed by atoms with van der Waals surface area (Å²) in [6.45, 7) is 14.0. The number of nitrogens with zero attached hydrogens (tertiary/aromatic N) is 1. The normalized spacial score (nSPS) is 33.0. The number of hydrogen-bond donors (Lipinski definition) is 1. The molecular weight excluding hydrogens is 212 g/mol. The first-order valence-corrected chi connectivity index (χ1v) is 6.77. The lowest BCUT2D eigenvalue weighted by Crippen LogP contribution is -2.48. The number of nitrogens with two attached hydrogens (primary N) is 1. The molecule has 1 aliphatic heterocycles. The molecule has 0 aromatic rings.